The lowest BCUT2D eigenvalue weighted by Crippen LogP contribution is -2.30. The van der Waals surface area contributed by atoms with E-state index >= 15 is 0 Å². The Kier molecular flexibility index (Phi) is 4.33. The Balaban J connectivity index is 1.93. The molecule has 0 aromatic heterocycles. The zero-order chi connectivity index (χ0) is 13.0. The number of nitrogens with one attached hydrogen (secondary N) is 1. The first kappa shape index (κ1) is 13.1. The van der Waals surface area contributed by atoms with Gasteiger partial charge in [0.15, 0.2) is 0 Å². The number of carbonyl (C=O) groups excluding carboxylic acids is 1. The standard InChI is InChI=1S/C14H21N3O/c1-2-17(9-11-3-4-11)10-12-5-7-13(8-6-12)14(18)16-15/h5-8,11H,2-4,9-10,15H2,1H3,(H,16,18). The molecule has 4 heteroatoms. The van der Waals surface area contributed by atoms with Crippen molar-refractivity contribution < 1.29 is 4.79 Å². The molecule has 0 heterocycles. The van der Waals surface area contributed by atoms with Crippen molar-refractivity contribution in [2.45, 2.75) is 26.3 Å². The van der Waals surface area contributed by atoms with Gasteiger partial charge in [-0.2, -0.15) is 0 Å². The van der Waals surface area contributed by atoms with Gasteiger partial charge in [-0.25, -0.2) is 5.84 Å². The Morgan fingerprint density at radius 2 is 2.06 bits per heavy atom. The minimum absolute atomic E-state index is 0.244. The summed E-state index contributed by atoms with van der Waals surface area (Å²) >= 11 is 0. The predicted octanol–water partition coefficient (Wildman–Crippen LogP) is 1.52. The number of carbonyl (C=O) groups is 1. The largest absolute Gasteiger partial charge is 0.299 e. The minimum atomic E-state index is -0.244. The Labute approximate surface area is 108 Å². The van der Waals surface area contributed by atoms with Gasteiger partial charge >= 0.3 is 0 Å². The van der Waals surface area contributed by atoms with Gasteiger partial charge in [-0.3, -0.25) is 15.1 Å². The van der Waals surface area contributed by atoms with Crippen LogP contribution in [0.2, 0.25) is 0 Å². The number of hydrogen-bond acceptors (Lipinski definition) is 3. The topological polar surface area (TPSA) is 58.4 Å². The van der Waals surface area contributed by atoms with E-state index in [2.05, 4.69) is 17.2 Å². The number of nitrogens with zero attached hydrogens (tertiary/aromatic N) is 1. The van der Waals surface area contributed by atoms with Crippen molar-refractivity contribution in [3.63, 3.8) is 0 Å². The van der Waals surface area contributed by atoms with Crippen LogP contribution >= 0.6 is 0 Å². The number of hydrazine groups is 1. The molecule has 0 aliphatic heterocycles. The molecule has 1 fully saturated rings. The summed E-state index contributed by atoms with van der Waals surface area (Å²) in [5.74, 6) is 5.76. The van der Waals surface area contributed by atoms with Crippen LogP contribution in [0.1, 0.15) is 35.7 Å². The summed E-state index contributed by atoms with van der Waals surface area (Å²) < 4.78 is 0. The van der Waals surface area contributed by atoms with Gasteiger partial charge < -0.3 is 0 Å². The van der Waals surface area contributed by atoms with E-state index in [1.807, 2.05) is 24.3 Å². The third-order valence-corrected chi connectivity index (χ3v) is 3.41. The number of nitrogens with two attached hydrogens (primary N) is 1. The highest BCUT2D eigenvalue weighted by Crippen LogP contribution is 2.30. The van der Waals surface area contributed by atoms with Crippen molar-refractivity contribution in [1.29, 1.82) is 0 Å². The molecule has 3 N–H and O–H groups in total. The van der Waals surface area contributed by atoms with Crippen molar-refractivity contribution >= 4 is 5.91 Å². The second-order valence-corrected chi connectivity index (χ2v) is 4.94. The maximum atomic E-state index is 11.3. The Morgan fingerprint density at radius 3 is 2.56 bits per heavy atom. The molecular weight excluding hydrogens is 226 g/mol. The lowest BCUT2D eigenvalue weighted by Gasteiger charge is -2.20. The molecule has 0 atom stereocenters. The van der Waals surface area contributed by atoms with E-state index in [9.17, 15) is 4.79 Å². The highest BCUT2D eigenvalue weighted by Gasteiger charge is 2.23. The molecule has 2 rings (SSSR count). The van der Waals surface area contributed by atoms with Gasteiger partial charge in [-0.15, -0.1) is 0 Å². The normalized spacial score (nSPS) is 14.8. The van der Waals surface area contributed by atoms with E-state index in [4.69, 9.17) is 5.84 Å². The molecule has 1 aromatic carbocycles. The maximum absolute atomic E-state index is 11.3. The van der Waals surface area contributed by atoms with Gasteiger partial charge in [0.2, 0.25) is 0 Å². The van der Waals surface area contributed by atoms with Crippen LogP contribution in [0, 0.1) is 5.92 Å². The summed E-state index contributed by atoms with van der Waals surface area (Å²) in [5, 5.41) is 0. The molecule has 0 unspecified atom stereocenters. The molecular formula is C14H21N3O. The average molecular weight is 247 g/mol. The van der Waals surface area contributed by atoms with Gasteiger partial charge in [0.05, 0.1) is 0 Å². The highest BCUT2D eigenvalue weighted by molar-refractivity contribution is 5.93. The summed E-state index contributed by atoms with van der Waals surface area (Å²) in [6.45, 7) is 5.42. The van der Waals surface area contributed by atoms with Gasteiger partial charge in [0, 0.05) is 18.7 Å². The lowest BCUT2D eigenvalue weighted by molar-refractivity contribution is 0.0953. The van der Waals surface area contributed by atoms with Crippen LogP contribution in [0.25, 0.3) is 0 Å². The summed E-state index contributed by atoms with van der Waals surface area (Å²) in [6, 6.07) is 7.64. The van der Waals surface area contributed by atoms with Crippen molar-refractivity contribution in [2.24, 2.45) is 11.8 Å². The summed E-state index contributed by atoms with van der Waals surface area (Å²) in [4.78, 5) is 13.8. The first-order chi connectivity index (χ1) is 8.72. The fraction of sp³-hybridized carbons (Fsp3) is 0.500. The quantitative estimate of drug-likeness (QED) is 0.455. The molecule has 1 aliphatic rings. The number of amides is 1. The second-order valence-electron chi connectivity index (χ2n) is 4.94. The zero-order valence-corrected chi connectivity index (χ0v) is 10.9. The Hall–Kier alpha value is -1.39. The molecule has 0 radical (unpaired) electrons. The van der Waals surface area contributed by atoms with Gasteiger partial charge in [0.1, 0.15) is 0 Å². The van der Waals surface area contributed by atoms with Crippen LogP contribution in [0.3, 0.4) is 0 Å². The van der Waals surface area contributed by atoms with E-state index < -0.39 is 0 Å². The van der Waals surface area contributed by atoms with Crippen molar-refractivity contribution in [1.82, 2.24) is 10.3 Å². The lowest BCUT2D eigenvalue weighted by atomic mass is 10.1. The molecule has 0 bridgehead atoms. The third-order valence-electron chi connectivity index (χ3n) is 3.41. The Bertz CT molecular complexity index is 398. The van der Waals surface area contributed by atoms with Gasteiger partial charge in [-0.05, 0) is 43.0 Å². The van der Waals surface area contributed by atoms with E-state index in [0.29, 0.717) is 5.56 Å². The Morgan fingerprint density at radius 1 is 1.39 bits per heavy atom. The summed E-state index contributed by atoms with van der Waals surface area (Å²) in [5.41, 5.74) is 3.98. The molecule has 18 heavy (non-hydrogen) atoms. The maximum Gasteiger partial charge on any atom is 0.265 e. The minimum Gasteiger partial charge on any atom is -0.299 e. The predicted molar refractivity (Wildman–Crippen MR) is 71.8 cm³/mol. The molecule has 0 spiro atoms. The number of benzene rings is 1. The van der Waals surface area contributed by atoms with E-state index in [-0.39, 0.29) is 5.91 Å². The second kappa shape index (κ2) is 5.98. The first-order valence-corrected chi connectivity index (χ1v) is 6.55. The number of nitrogen functional groups attached to an aromatic ring is 1. The first-order valence-electron chi connectivity index (χ1n) is 6.55. The zero-order valence-electron chi connectivity index (χ0n) is 10.9. The SMILES string of the molecule is CCN(Cc1ccc(C(=O)NN)cc1)CC1CC1. The summed E-state index contributed by atoms with van der Waals surface area (Å²) in [7, 11) is 0. The van der Waals surface area contributed by atoms with Gasteiger partial charge in [0.25, 0.3) is 5.91 Å². The fourth-order valence-corrected chi connectivity index (χ4v) is 2.07. The molecule has 1 saturated carbocycles. The molecule has 1 aromatic rings. The van der Waals surface area contributed by atoms with Crippen molar-refractivity contribution in [3.05, 3.63) is 35.4 Å². The van der Waals surface area contributed by atoms with E-state index in [1.165, 1.54) is 24.9 Å². The van der Waals surface area contributed by atoms with Gasteiger partial charge in [-0.1, -0.05) is 19.1 Å². The van der Waals surface area contributed by atoms with Crippen LogP contribution in [-0.4, -0.2) is 23.9 Å². The molecule has 98 valence electrons. The average Bonchev–Trinajstić information content (AvgIpc) is 3.22. The summed E-state index contributed by atoms with van der Waals surface area (Å²) in [6.07, 6.45) is 2.76. The van der Waals surface area contributed by atoms with Crippen LogP contribution < -0.4 is 11.3 Å². The monoisotopic (exact) mass is 247 g/mol. The molecule has 4 nitrogen and oxygen atoms in total. The smallest absolute Gasteiger partial charge is 0.265 e. The fourth-order valence-electron chi connectivity index (χ4n) is 2.07. The highest BCUT2D eigenvalue weighted by atomic mass is 16.2. The number of hydrogen-bond donors (Lipinski definition) is 2. The number of rotatable bonds is 6. The molecule has 1 amide bonds. The van der Waals surface area contributed by atoms with Crippen LogP contribution in [-0.2, 0) is 6.54 Å². The third kappa shape index (κ3) is 3.55. The van der Waals surface area contributed by atoms with E-state index in [1.54, 1.807) is 0 Å². The van der Waals surface area contributed by atoms with Crippen molar-refractivity contribution in [2.75, 3.05) is 13.1 Å². The molecule has 1 aliphatic carbocycles. The van der Waals surface area contributed by atoms with Crippen LogP contribution in [0.5, 0.6) is 0 Å². The van der Waals surface area contributed by atoms with E-state index in [0.717, 1.165) is 19.0 Å². The van der Waals surface area contributed by atoms with Crippen molar-refractivity contribution in [3.8, 4) is 0 Å². The van der Waals surface area contributed by atoms with Crippen LogP contribution in [0.15, 0.2) is 24.3 Å². The molecule has 0 saturated heterocycles. The van der Waals surface area contributed by atoms with Crippen LogP contribution in [0.4, 0.5) is 0 Å².